The molecule has 0 radical (unpaired) electrons. The molecule has 2 heterocycles. The SMILES string of the molecule is CN1CCC(NC(c2cccc(SCc3ccccc3)c2)c2nc3ccccc3[nH]2)CC1. The van der Waals surface area contributed by atoms with Crippen LogP contribution in [-0.2, 0) is 5.75 Å². The number of thioether (sulfide) groups is 1. The van der Waals surface area contributed by atoms with Gasteiger partial charge in [0.05, 0.1) is 17.1 Å². The number of aromatic nitrogens is 2. The minimum absolute atomic E-state index is 0.0491. The van der Waals surface area contributed by atoms with Crippen molar-refractivity contribution in [2.75, 3.05) is 20.1 Å². The van der Waals surface area contributed by atoms with Crippen molar-refractivity contribution in [3.63, 3.8) is 0 Å². The fraction of sp³-hybridized carbons (Fsp3) is 0.296. The molecule has 1 saturated heterocycles. The number of fused-ring (bicyclic) bond motifs is 1. The number of nitrogens with one attached hydrogen (secondary N) is 2. The van der Waals surface area contributed by atoms with Gasteiger partial charge >= 0.3 is 0 Å². The van der Waals surface area contributed by atoms with Crippen LogP contribution in [0.5, 0.6) is 0 Å². The Balaban J connectivity index is 1.41. The van der Waals surface area contributed by atoms with E-state index in [0.717, 1.165) is 48.5 Å². The first-order valence-electron chi connectivity index (χ1n) is 11.4. The lowest BCUT2D eigenvalue weighted by atomic mass is 10.0. The van der Waals surface area contributed by atoms with E-state index in [2.05, 4.69) is 95.0 Å². The molecule has 4 aromatic rings. The molecule has 1 aliphatic rings. The van der Waals surface area contributed by atoms with Crippen LogP contribution in [0.15, 0.2) is 83.8 Å². The van der Waals surface area contributed by atoms with E-state index < -0.39 is 0 Å². The van der Waals surface area contributed by atoms with Crippen LogP contribution in [0.3, 0.4) is 0 Å². The van der Waals surface area contributed by atoms with E-state index in [1.807, 2.05) is 17.8 Å². The van der Waals surface area contributed by atoms with Gasteiger partial charge in [-0.3, -0.25) is 0 Å². The quantitative estimate of drug-likeness (QED) is 0.364. The lowest BCUT2D eigenvalue weighted by Crippen LogP contribution is -2.42. The summed E-state index contributed by atoms with van der Waals surface area (Å²) < 4.78 is 0. The zero-order valence-electron chi connectivity index (χ0n) is 18.5. The highest BCUT2D eigenvalue weighted by atomic mass is 32.2. The van der Waals surface area contributed by atoms with Crippen LogP contribution < -0.4 is 5.32 Å². The normalized spacial score (nSPS) is 16.4. The Hall–Kier alpha value is -2.60. The highest BCUT2D eigenvalue weighted by Gasteiger charge is 2.24. The average Bonchev–Trinajstić information content (AvgIpc) is 3.27. The zero-order chi connectivity index (χ0) is 21.8. The van der Waals surface area contributed by atoms with Crippen LogP contribution >= 0.6 is 11.8 Å². The van der Waals surface area contributed by atoms with Gasteiger partial charge in [-0.1, -0.05) is 54.6 Å². The number of hydrogen-bond acceptors (Lipinski definition) is 4. The first-order valence-corrected chi connectivity index (χ1v) is 12.4. The monoisotopic (exact) mass is 442 g/mol. The predicted molar refractivity (Wildman–Crippen MR) is 134 cm³/mol. The highest BCUT2D eigenvalue weighted by molar-refractivity contribution is 7.98. The third-order valence-electron chi connectivity index (χ3n) is 6.24. The Kier molecular flexibility index (Phi) is 6.58. The molecule has 1 aliphatic heterocycles. The molecular formula is C27H30N4S. The molecule has 164 valence electrons. The lowest BCUT2D eigenvalue weighted by molar-refractivity contribution is 0.228. The van der Waals surface area contributed by atoms with Gasteiger partial charge in [-0.15, -0.1) is 11.8 Å². The molecule has 1 atom stereocenters. The third-order valence-corrected chi connectivity index (χ3v) is 7.31. The summed E-state index contributed by atoms with van der Waals surface area (Å²) in [5.74, 6) is 1.97. The van der Waals surface area contributed by atoms with E-state index >= 15 is 0 Å². The van der Waals surface area contributed by atoms with Crippen LogP contribution in [0.2, 0.25) is 0 Å². The van der Waals surface area contributed by atoms with Gasteiger partial charge in [0.15, 0.2) is 0 Å². The predicted octanol–water partition coefficient (Wildman–Crippen LogP) is 5.63. The topological polar surface area (TPSA) is 44.0 Å². The minimum Gasteiger partial charge on any atom is -0.340 e. The smallest absolute Gasteiger partial charge is 0.129 e. The number of para-hydroxylation sites is 2. The Morgan fingerprint density at radius 2 is 1.78 bits per heavy atom. The maximum atomic E-state index is 4.96. The van der Waals surface area contributed by atoms with E-state index in [4.69, 9.17) is 4.98 Å². The van der Waals surface area contributed by atoms with Gasteiger partial charge in [0, 0.05) is 16.7 Å². The van der Waals surface area contributed by atoms with Gasteiger partial charge in [-0.2, -0.15) is 0 Å². The Morgan fingerprint density at radius 1 is 1.00 bits per heavy atom. The molecule has 5 rings (SSSR count). The number of nitrogens with zero attached hydrogens (tertiary/aromatic N) is 2. The lowest BCUT2D eigenvalue weighted by Gasteiger charge is -2.32. The molecule has 4 nitrogen and oxygen atoms in total. The van der Waals surface area contributed by atoms with E-state index in [0.29, 0.717) is 6.04 Å². The molecule has 0 amide bonds. The second-order valence-electron chi connectivity index (χ2n) is 8.66. The fourth-order valence-electron chi connectivity index (χ4n) is 4.38. The van der Waals surface area contributed by atoms with Crippen LogP contribution in [0.25, 0.3) is 11.0 Å². The van der Waals surface area contributed by atoms with Gasteiger partial charge in [0.25, 0.3) is 0 Å². The minimum atomic E-state index is 0.0491. The molecular weight excluding hydrogens is 412 g/mol. The number of benzene rings is 3. The summed E-state index contributed by atoms with van der Waals surface area (Å²) in [6.45, 7) is 2.27. The van der Waals surface area contributed by atoms with Crippen molar-refractivity contribution in [1.29, 1.82) is 0 Å². The third kappa shape index (κ3) is 5.07. The number of imidazole rings is 1. The van der Waals surface area contributed by atoms with E-state index in [1.165, 1.54) is 16.0 Å². The summed E-state index contributed by atoms with van der Waals surface area (Å²) in [5.41, 5.74) is 4.72. The number of likely N-dealkylation sites (tertiary alicyclic amines) is 1. The Labute approximate surface area is 194 Å². The van der Waals surface area contributed by atoms with Crippen molar-refractivity contribution < 1.29 is 0 Å². The summed E-state index contributed by atoms with van der Waals surface area (Å²) in [6, 6.07) is 28.4. The van der Waals surface area contributed by atoms with Gasteiger partial charge in [-0.25, -0.2) is 4.98 Å². The summed E-state index contributed by atoms with van der Waals surface area (Å²) in [5, 5.41) is 3.94. The molecule has 3 aromatic carbocycles. The maximum Gasteiger partial charge on any atom is 0.129 e. The maximum absolute atomic E-state index is 4.96. The van der Waals surface area contributed by atoms with Crippen LogP contribution in [0.4, 0.5) is 0 Å². The van der Waals surface area contributed by atoms with E-state index in [9.17, 15) is 0 Å². The number of piperidine rings is 1. The van der Waals surface area contributed by atoms with E-state index in [-0.39, 0.29) is 6.04 Å². The summed E-state index contributed by atoms with van der Waals surface area (Å²) in [6.07, 6.45) is 2.32. The zero-order valence-corrected chi connectivity index (χ0v) is 19.3. The Bertz CT molecular complexity index is 1120. The van der Waals surface area contributed by atoms with Crippen LogP contribution in [0, 0.1) is 0 Å². The molecule has 1 fully saturated rings. The average molecular weight is 443 g/mol. The van der Waals surface area contributed by atoms with Crippen molar-refractivity contribution in [2.24, 2.45) is 0 Å². The molecule has 32 heavy (non-hydrogen) atoms. The van der Waals surface area contributed by atoms with Crippen LogP contribution in [-0.4, -0.2) is 41.0 Å². The molecule has 0 spiro atoms. The van der Waals surface area contributed by atoms with Crippen LogP contribution in [0.1, 0.15) is 35.8 Å². The highest BCUT2D eigenvalue weighted by Crippen LogP contribution is 2.29. The molecule has 0 saturated carbocycles. The van der Waals surface area contributed by atoms with Crippen molar-refractivity contribution in [3.05, 3.63) is 95.8 Å². The second-order valence-corrected chi connectivity index (χ2v) is 9.71. The first kappa shape index (κ1) is 21.3. The molecule has 5 heteroatoms. The van der Waals surface area contributed by atoms with Crippen molar-refractivity contribution in [1.82, 2.24) is 20.2 Å². The molecule has 0 bridgehead atoms. The molecule has 0 aliphatic carbocycles. The summed E-state index contributed by atoms with van der Waals surface area (Å²) in [7, 11) is 2.21. The largest absolute Gasteiger partial charge is 0.340 e. The number of H-pyrrole nitrogens is 1. The molecule has 1 unspecified atom stereocenters. The fourth-order valence-corrected chi connectivity index (χ4v) is 5.30. The van der Waals surface area contributed by atoms with Gasteiger partial charge < -0.3 is 15.2 Å². The van der Waals surface area contributed by atoms with Gasteiger partial charge in [0.2, 0.25) is 0 Å². The summed E-state index contributed by atoms with van der Waals surface area (Å²) in [4.78, 5) is 12.2. The molecule has 1 aromatic heterocycles. The number of rotatable bonds is 7. The number of hydrogen-bond donors (Lipinski definition) is 2. The van der Waals surface area contributed by atoms with Crippen molar-refractivity contribution >= 4 is 22.8 Å². The van der Waals surface area contributed by atoms with Crippen molar-refractivity contribution in [2.45, 2.75) is 35.6 Å². The Morgan fingerprint density at radius 3 is 2.59 bits per heavy atom. The van der Waals surface area contributed by atoms with Gasteiger partial charge in [-0.05, 0) is 68.4 Å². The van der Waals surface area contributed by atoms with Crippen molar-refractivity contribution in [3.8, 4) is 0 Å². The molecule has 2 N–H and O–H groups in total. The second kappa shape index (κ2) is 9.90. The summed E-state index contributed by atoms with van der Waals surface area (Å²) >= 11 is 1.89. The van der Waals surface area contributed by atoms with E-state index in [1.54, 1.807) is 0 Å². The first-order chi connectivity index (χ1) is 15.7. The van der Waals surface area contributed by atoms with Gasteiger partial charge in [0.1, 0.15) is 5.82 Å². The standard InChI is InChI=1S/C27H30N4S/c1-31-16-14-22(15-17-31)28-26(27-29-24-12-5-6-13-25(24)30-27)21-10-7-11-23(18-21)32-19-20-8-3-2-4-9-20/h2-13,18,22,26,28H,14-17,19H2,1H3,(H,29,30). The number of aromatic amines is 1.